The van der Waals surface area contributed by atoms with E-state index in [0.29, 0.717) is 0 Å². The van der Waals surface area contributed by atoms with Crippen molar-refractivity contribution in [3.05, 3.63) is 284 Å². The van der Waals surface area contributed by atoms with Gasteiger partial charge in [0.25, 0.3) is 0 Å². The smallest absolute Gasteiger partial charge is 0.0541 e. The molecule has 0 aliphatic carbocycles. The molecule has 3 heterocycles. The summed E-state index contributed by atoms with van der Waals surface area (Å²) in [6.07, 6.45) is 1.99. The van der Waals surface area contributed by atoms with Crippen LogP contribution >= 0.6 is 0 Å². The van der Waals surface area contributed by atoms with Crippen molar-refractivity contribution in [1.29, 1.82) is 0 Å². The molecule has 3 heteroatoms. The van der Waals surface area contributed by atoms with Crippen molar-refractivity contribution in [1.82, 2.24) is 13.7 Å². The van der Waals surface area contributed by atoms with Gasteiger partial charge < -0.3 is 13.7 Å². The molecule has 0 unspecified atom stereocenters. The highest BCUT2D eigenvalue weighted by molar-refractivity contribution is 6.22. The number of rotatable bonds is 9. The van der Waals surface area contributed by atoms with Gasteiger partial charge in [-0.25, -0.2) is 0 Å². The number of benzene rings is 13. The maximum absolute atomic E-state index is 2.47. The second-order valence-electron chi connectivity index (χ2n) is 21.8. The monoisotopic (exact) mass is 1030 g/mol. The Morgan fingerprint density at radius 2 is 0.519 bits per heavy atom. The Morgan fingerprint density at radius 1 is 0.210 bits per heavy atom. The van der Waals surface area contributed by atoms with E-state index in [4.69, 9.17) is 0 Å². The summed E-state index contributed by atoms with van der Waals surface area (Å²) in [7, 11) is 0. The van der Waals surface area contributed by atoms with Crippen molar-refractivity contribution in [3.63, 3.8) is 0 Å². The van der Waals surface area contributed by atoms with Gasteiger partial charge in [-0.2, -0.15) is 0 Å². The molecule has 0 saturated carbocycles. The van der Waals surface area contributed by atoms with Crippen molar-refractivity contribution in [2.45, 2.75) is 26.7 Å². The number of nitrogens with zero attached hydrogens (tertiary/aromatic N) is 3. The van der Waals surface area contributed by atoms with Gasteiger partial charge >= 0.3 is 0 Å². The Labute approximate surface area is 470 Å². The number of aromatic nitrogens is 3. The summed E-state index contributed by atoms with van der Waals surface area (Å²) in [4.78, 5) is 0. The topological polar surface area (TPSA) is 14.8 Å². The molecule has 0 saturated heterocycles. The maximum Gasteiger partial charge on any atom is 0.0541 e. The van der Waals surface area contributed by atoms with Gasteiger partial charge in [0.2, 0.25) is 0 Å². The summed E-state index contributed by atoms with van der Waals surface area (Å²) in [6, 6.07) is 102. The number of hydrogen-bond acceptors (Lipinski definition) is 0. The molecule has 0 spiro atoms. The minimum Gasteiger partial charge on any atom is -0.309 e. The molecule has 382 valence electrons. The molecule has 13 aromatic carbocycles. The second kappa shape index (κ2) is 18.7. The van der Waals surface area contributed by atoms with Crippen LogP contribution in [0.1, 0.15) is 25.0 Å². The molecule has 0 N–H and O–H groups in total. The lowest BCUT2D eigenvalue weighted by Crippen LogP contribution is -1.95. The molecular weight excluding hydrogens is 979 g/mol. The molecule has 3 nitrogen and oxygen atoms in total. The zero-order valence-corrected chi connectivity index (χ0v) is 45.2. The Kier molecular flexibility index (Phi) is 10.8. The van der Waals surface area contributed by atoms with Crippen molar-refractivity contribution >= 4 is 87.0 Å². The molecule has 3 aromatic heterocycles. The van der Waals surface area contributed by atoms with Crippen LogP contribution in [0.4, 0.5) is 0 Å². The van der Waals surface area contributed by atoms with Crippen LogP contribution in [0.15, 0.2) is 273 Å². The van der Waals surface area contributed by atoms with E-state index >= 15 is 0 Å². The normalized spacial score (nSPS) is 11.9. The van der Waals surface area contributed by atoms with Crippen LogP contribution in [0.2, 0.25) is 0 Å². The number of fused-ring (bicyclic) bond motifs is 11. The number of para-hydroxylation sites is 2. The van der Waals surface area contributed by atoms with Crippen LogP contribution in [-0.4, -0.2) is 13.7 Å². The lowest BCUT2D eigenvalue weighted by atomic mass is 9.86. The molecule has 0 aliphatic heterocycles. The molecule has 0 radical (unpaired) electrons. The van der Waals surface area contributed by atoms with E-state index in [-0.39, 0.29) is 0 Å². The van der Waals surface area contributed by atoms with E-state index < -0.39 is 0 Å². The Morgan fingerprint density at radius 3 is 0.914 bits per heavy atom. The van der Waals surface area contributed by atoms with Gasteiger partial charge in [-0.3, -0.25) is 0 Å². The molecule has 16 rings (SSSR count). The molecule has 0 fully saturated rings. The second-order valence-corrected chi connectivity index (χ2v) is 21.8. The minimum absolute atomic E-state index is 0.995. The van der Waals surface area contributed by atoms with E-state index in [1.54, 1.807) is 0 Å². The minimum atomic E-state index is 0.995. The van der Waals surface area contributed by atoms with E-state index in [0.717, 1.165) is 18.5 Å². The van der Waals surface area contributed by atoms with Gasteiger partial charge in [0.1, 0.15) is 0 Å². The first-order chi connectivity index (χ1) is 40.1. The van der Waals surface area contributed by atoms with E-state index in [1.165, 1.54) is 154 Å². The maximum atomic E-state index is 2.47. The molecule has 0 atom stereocenters. The average molecular weight is 1030 g/mol. The fourth-order valence-corrected chi connectivity index (χ4v) is 13.5. The SMILES string of the molecule is CCc1cccc(-n2c3ccccc3c3cc(-c4ccc5c(c4)c4cc(-c6ccc7c(c6)c6ccccc6n7-c6cccc(CC)c6)ccc4n5-c4ccc(-c5c6ccccc6c(-c6ccccc6)c6ccccc56)cc4)ccc32)c1. The summed E-state index contributed by atoms with van der Waals surface area (Å²) >= 11 is 0. The first kappa shape index (κ1) is 46.8. The molecule has 16 aromatic rings. The molecule has 0 bridgehead atoms. The van der Waals surface area contributed by atoms with Crippen LogP contribution in [0.3, 0.4) is 0 Å². The van der Waals surface area contributed by atoms with Crippen molar-refractivity contribution in [2.24, 2.45) is 0 Å². The molecular formula is C78H55N3. The van der Waals surface area contributed by atoms with E-state index in [2.05, 4.69) is 301 Å². The van der Waals surface area contributed by atoms with Gasteiger partial charge in [-0.05, 0) is 187 Å². The van der Waals surface area contributed by atoms with Crippen LogP contribution < -0.4 is 0 Å². The average Bonchev–Trinajstić information content (AvgIpc) is 4.28. The van der Waals surface area contributed by atoms with Crippen LogP contribution in [-0.2, 0) is 12.8 Å². The van der Waals surface area contributed by atoms with E-state index in [9.17, 15) is 0 Å². The predicted octanol–water partition coefficient (Wildman–Crippen LogP) is 21.1. The zero-order valence-electron chi connectivity index (χ0n) is 45.2. The van der Waals surface area contributed by atoms with Gasteiger partial charge in [-0.1, -0.05) is 190 Å². The van der Waals surface area contributed by atoms with Crippen LogP contribution in [0, 0.1) is 0 Å². The quantitative estimate of drug-likeness (QED) is 0.128. The molecule has 0 amide bonds. The Bertz CT molecular complexity index is 4900. The zero-order chi connectivity index (χ0) is 53.7. The lowest BCUT2D eigenvalue weighted by Gasteiger charge is -2.18. The summed E-state index contributed by atoms with van der Waals surface area (Å²) in [6.45, 7) is 4.45. The third-order valence-electron chi connectivity index (χ3n) is 17.3. The van der Waals surface area contributed by atoms with Crippen LogP contribution in [0.5, 0.6) is 0 Å². The fraction of sp³-hybridized carbons (Fsp3) is 0.0513. The lowest BCUT2D eigenvalue weighted by molar-refractivity contribution is 1.11. The van der Waals surface area contributed by atoms with Crippen molar-refractivity contribution in [2.75, 3.05) is 0 Å². The van der Waals surface area contributed by atoms with E-state index in [1.807, 2.05) is 0 Å². The third-order valence-corrected chi connectivity index (χ3v) is 17.3. The highest BCUT2D eigenvalue weighted by atomic mass is 15.0. The Hall–Kier alpha value is -10.2. The summed E-state index contributed by atoms with van der Waals surface area (Å²) in [5, 5.41) is 12.5. The number of aryl methyl sites for hydroxylation is 2. The summed E-state index contributed by atoms with van der Waals surface area (Å²) < 4.78 is 7.33. The highest BCUT2D eigenvalue weighted by Crippen LogP contribution is 2.46. The largest absolute Gasteiger partial charge is 0.309 e. The predicted molar refractivity (Wildman–Crippen MR) is 345 cm³/mol. The molecule has 0 aliphatic rings. The van der Waals surface area contributed by atoms with Gasteiger partial charge in [0, 0.05) is 49.4 Å². The van der Waals surface area contributed by atoms with Gasteiger partial charge in [-0.15, -0.1) is 0 Å². The van der Waals surface area contributed by atoms with Crippen LogP contribution in [0.25, 0.3) is 149 Å². The molecule has 81 heavy (non-hydrogen) atoms. The standard InChI is InChI=1S/C78H55N3/c1-3-50-18-16-22-59(44-50)80-71-30-14-12-24-61(71)67-46-54(34-40-73(67)80)56-36-42-75-69(48-56)70-49-57(55-35-41-74-68(47-55)62-25-13-15-31-72(62)81(74)60-23-17-19-51(4-2)45-60)37-43-76(70)79(75)58-38-32-53(33-39-58)78-65-28-10-8-26-63(65)77(52-20-6-5-7-21-52)64-27-9-11-29-66(64)78/h5-49H,3-4H2,1-2H3. The summed E-state index contributed by atoms with van der Waals surface area (Å²) in [5.41, 5.74) is 23.1. The van der Waals surface area contributed by atoms with Gasteiger partial charge in [0.05, 0.1) is 33.1 Å². The first-order valence-corrected chi connectivity index (χ1v) is 28.5. The first-order valence-electron chi connectivity index (χ1n) is 28.5. The van der Waals surface area contributed by atoms with Crippen molar-refractivity contribution in [3.8, 4) is 61.6 Å². The highest BCUT2D eigenvalue weighted by Gasteiger charge is 2.21. The Balaban J connectivity index is 0.877. The van der Waals surface area contributed by atoms with Gasteiger partial charge in [0.15, 0.2) is 0 Å². The third kappa shape index (κ3) is 7.43. The van der Waals surface area contributed by atoms with Crippen molar-refractivity contribution < 1.29 is 0 Å². The summed E-state index contributed by atoms with van der Waals surface area (Å²) in [5.74, 6) is 0. The number of hydrogen-bond donors (Lipinski definition) is 0. The fourth-order valence-electron chi connectivity index (χ4n) is 13.5.